The van der Waals surface area contributed by atoms with Crippen molar-refractivity contribution in [2.45, 2.75) is 52.5 Å². The summed E-state index contributed by atoms with van der Waals surface area (Å²) in [4.78, 5) is 19.1. The van der Waals surface area contributed by atoms with Crippen molar-refractivity contribution in [2.24, 2.45) is 0 Å². The molecule has 0 saturated heterocycles. The van der Waals surface area contributed by atoms with Crippen LogP contribution in [0.5, 0.6) is 5.75 Å². The zero-order valence-corrected chi connectivity index (χ0v) is 18.5. The molecule has 1 aliphatic heterocycles. The molecule has 29 heavy (non-hydrogen) atoms. The highest BCUT2D eigenvalue weighted by Crippen LogP contribution is 2.40. The van der Waals surface area contributed by atoms with Gasteiger partial charge in [-0.3, -0.25) is 14.6 Å². The van der Waals surface area contributed by atoms with Crippen LogP contribution < -0.4 is 9.64 Å². The molecule has 0 saturated carbocycles. The average Bonchev–Trinajstić information content (AvgIpc) is 3.06. The Kier molecular flexibility index (Phi) is 6.07. The van der Waals surface area contributed by atoms with E-state index in [-0.39, 0.29) is 5.91 Å². The number of carbonyl (C=O) groups is 1. The molecule has 0 atom stereocenters. The fourth-order valence-corrected chi connectivity index (χ4v) is 5.39. The molecular formula is C24H30N2O2S. The molecule has 1 amide bonds. The molecule has 5 heteroatoms. The van der Waals surface area contributed by atoms with Gasteiger partial charge in [-0.15, -0.1) is 11.3 Å². The van der Waals surface area contributed by atoms with E-state index in [0.29, 0.717) is 12.2 Å². The number of allylic oxidation sites excluding steroid dienone is 1. The quantitative estimate of drug-likeness (QED) is 0.594. The number of thiophene rings is 1. The van der Waals surface area contributed by atoms with Gasteiger partial charge < -0.3 is 4.74 Å². The van der Waals surface area contributed by atoms with Crippen LogP contribution >= 0.6 is 11.3 Å². The molecule has 0 radical (unpaired) electrons. The molecule has 2 aromatic rings. The van der Waals surface area contributed by atoms with E-state index in [1.807, 2.05) is 29.2 Å². The lowest BCUT2D eigenvalue weighted by molar-refractivity contribution is 0.0959. The number of methoxy groups -OCH3 is 1. The van der Waals surface area contributed by atoms with Crippen molar-refractivity contribution >= 4 is 22.2 Å². The second kappa shape index (κ2) is 8.72. The van der Waals surface area contributed by atoms with Gasteiger partial charge in [0.2, 0.25) is 0 Å². The summed E-state index contributed by atoms with van der Waals surface area (Å²) in [6, 6.07) is 7.44. The van der Waals surface area contributed by atoms with Crippen LogP contribution in [0, 0.1) is 13.8 Å². The average molecular weight is 411 g/mol. The van der Waals surface area contributed by atoms with Crippen LogP contribution in [0.2, 0.25) is 0 Å². The fourth-order valence-electron chi connectivity index (χ4n) is 4.23. The van der Waals surface area contributed by atoms with Crippen molar-refractivity contribution in [1.29, 1.82) is 0 Å². The Morgan fingerprint density at radius 1 is 1.17 bits per heavy atom. The molecule has 0 bridgehead atoms. The largest absolute Gasteiger partial charge is 0.497 e. The summed E-state index contributed by atoms with van der Waals surface area (Å²) in [7, 11) is 1.64. The number of rotatable bonds is 5. The zero-order chi connectivity index (χ0) is 20.4. The highest BCUT2D eigenvalue weighted by atomic mass is 32.1. The molecular weight excluding hydrogens is 380 g/mol. The second-order valence-corrected chi connectivity index (χ2v) is 9.28. The van der Waals surface area contributed by atoms with Crippen LogP contribution in [-0.4, -0.2) is 31.1 Å². The van der Waals surface area contributed by atoms with Crippen molar-refractivity contribution in [1.82, 2.24) is 4.90 Å². The lowest BCUT2D eigenvalue weighted by atomic mass is 9.97. The van der Waals surface area contributed by atoms with Crippen molar-refractivity contribution in [3.8, 4) is 5.75 Å². The first-order chi connectivity index (χ1) is 14.1. The standard InChI is InChI=1S/C24H30N2O2S/c1-17-18(2)29-24-22(17)15-25(14-13-19-7-5-4-6-8-19)16-26(24)23(27)20-9-11-21(28-3)12-10-20/h7,9-12H,4-6,8,13-16H2,1-3H3. The van der Waals surface area contributed by atoms with E-state index >= 15 is 0 Å². The SMILES string of the molecule is COc1ccc(C(=O)N2CN(CCC3=CCCCC3)Cc3c2sc(C)c3C)cc1. The summed E-state index contributed by atoms with van der Waals surface area (Å²) >= 11 is 1.75. The molecule has 1 aromatic heterocycles. The van der Waals surface area contributed by atoms with Gasteiger partial charge in [0.1, 0.15) is 10.8 Å². The third-order valence-electron chi connectivity index (χ3n) is 6.17. The smallest absolute Gasteiger partial charge is 0.260 e. The van der Waals surface area contributed by atoms with Gasteiger partial charge >= 0.3 is 0 Å². The zero-order valence-electron chi connectivity index (χ0n) is 17.7. The van der Waals surface area contributed by atoms with Gasteiger partial charge in [0, 0.05) is 29.1 Å². The number of hydrogen-bond donors (Lipinski definition) is 0. The Hall–Kier alpha value is -2.11. The summed E-state index contributed by atoms with van der Waals surface area (Å²) in [5, 5.41) is 1.12. The maximum absolute atomic E-state index is 13.4. The van der Waals surface area contributed by atoms with Crippen LogP contribution in [0.4, 0.5) is 5.00 Å². The van der Waals surface area contributed by atoms with Crippen LogP contribution in [0.25, 0.3) is 0 Å². The number of carbonyl (C=O) groups excluding carboxylic acids is 1. The Morgan fingerprint density at radius 2 is 1.97 bits per heavy atom. The molecule has 2 aliphatic rings. The molecule has 4 nitrogen and oxygen atoms in total. The van der Waals surface area contributed by atoms with Crippen LogP contribution in [-0.2, 0) is 6.54 Å². The highest BCUT2D eigenvalue weighted by molar-refractivity contribution is 7.16. The Morgan fingerprint density at radius 3 is 2.66 bits per heavy atom. The lowest BCUT2D eigenvalue weighted by Crippen LogP contribution is -2.45. The first-order valence-corrected chi connectivity index (χ1v) is 11.3. The van der Waals surface area contributed by atoms with Crippen molar-refractivity contribution in [3.63, 3.8) is 0 Å². The fraction of sp³-hybridized carbons (Fsp3) is 0.458. The number of aryl methyl sites for hydroxylation is 1. The second-order valence-electron chi connectivity index (χ2n) is 8.08. The highest BCUT2D eigenvalue weighted by Gasteiger charge is 2.31. The maximum atomic E-state index is 13.4. The molecule has 154 valence electrons. The van der Waals surface area contributed by atoms with E-state index in [1.165, 1.54) is 41.7 Å². The van der Waals surface area contributed by atoms with Gasteiger partial charge in [-0.1, -0.05) is 11.6 Å². The molecule has 0 unspecified atom stereocenters. The first kappa shape index (κ1) is 20.2. The third kappa shape index (κ3) is 4.26. The normalized spacial score (nSPS) is 17.1. The van der Waals surface area contributed by atoms with Crippen molar-refractivity contribution in [2.75, 3.05) is 25.2 Å². The lowest BCUT2D eigenvalue weighted by Gasteiger charge is -2.36. The molecule has 2 heterocycles. The van der Waals surface area contributed by atoms with Crippen molar-refractivity contribution in [3.05, 3.63) is 57.5 Å². The monoisotopic (exact) mass is 410 g/mol. The van der Waals surface area contributed by atoms with E-state index < -0.39 is 0 Å². The minimum Gasteiger partial charge on any atom is -0.497 e. The van der Waals surface area contributed by atoms with Gasteiger partial charge in [-0.2, -0.15) is 0 Å². The van der Waals surface area contributed by atoms with Crippen LogP contribution in [0.15, 0.2) is 35.9 Å². The molecule has 1 aromatic carbocycles. The molecule has 1 aliphatic carbocycles. The summed E-state index contributed by atoms with van der Waals surface area (Å²) in [6.07, 6.45) is 8.66. The van der Waals surface area contributed by atoms with E-state index in [2.05, 4.69) is 24.8 Å². The summed E-state index contributed by atoms with van der Waals surface area (Å²) in [5.41, 5.74) is 4.95. The molecule has 0 N–H and O–H groups in total. The van der Waals surface area contributed by atoms with E-state index in [1.54, 1.807) is 24.0 Å². The van der Waals surface area contributed by atoms with E-state index in [9.17, 15) is 4.79 Å². The van der Waals surface area contributed by atoms with Gasteiger partial charge in [0.15, 0.2) is 0 Å². The number of ether oxygens (including phenoxy) is 1. The minimum absolute atomic E-state index is 0.0664. The van der Waals surface area contributed by atoms with E-state index in [0.717, 1.165) is 30.3 Å². The molecule has 0 fully saturated rings. The predicted molar refractivity (Wildman–Crippen MR) is 120 cm³/mol. The summed E-state index contributed by atoms with van der Waals surface area (Å²) in [6.45, 7) is 6.95. The Labute approximate surface area is 177 Å². The van der Waals surface area contributed by atoms with E-state index in [4.69, 9.17) is 4.74 Å². The topological polar surface area (TPSA) is 32.8 Å². The number of fused-ring (bicyclic) bond motifs is 1. The number of nitrogens with zero attached hydrogens (tertiary/aromatic N) is 2. The van der Waals surface area contributed by atoms with Gasteiger partial charge in [-0.25, -0.2) is 0 Å². The predicted octanol–water partition coefficient (Wildman–Crippen LogP) is 5.68. The number of benzene rings is 1. The minimum atomic E-state index is 0.0664. The summed E-state index contributed by atoms with van der Waals surface area (Å²) < 4.78 is 5.24. The van der Waals surface area contributed by atoms with Crippen LogP contribution in [0.1, 0.15) is 58.5 Å². The van der Waals surface area contributed by atoms with Gasteiger partial charge in [0.25, 0.3) is 5.91 Å². The van der Waals surface area contributed by atoms with Gasteiger partial charge in [-0.05, 0) is 75.8 Å². The first-order valence-electron chi connectivity index (χ1n) is 10.5. The Balaban J connectivity index is 1.56. The number of anilines is 1. The van der Waals surface area contributed by atoms with Crippen molar-refractivity contribution < 1.29 is 9.53 Å². The number of hydrogen-bond acceptors (Lipinski definition) is 4. The third-order valence-corrected chi connectivity index (χ3v) is 7.45. The summed E-state index contributed by atoms with van der Waals surface area (Å²) in [5.74, 6) is 0.836. The van der Waals surface area contributed by atoms with Gasteiger partial charge in [0.05, 0.1) is 13.8 Å². The maximum Gasteiger partial charge on any atom is 0.260 e. The number of amides is 1. The molecule has 0 spiro atoms. The molecule has 4 rings (SSSR count). The Bertz CT molecular complexity index is 914. The van der Waals surface area contributed by atoms with Crippen LogP contribution in [0.3, 0.4) is 0 Å².